The van der Waals surface area contributed by atoms with Crippen molar-refractivity contribution in [2.24, 2.45) is 0 Å². The summed E-state index contributed by atoms with van der Waals surface area (Å²) in [5.41, 5.74) is 6.39. The maximum absolute atomic E-state index is 3.32. The Morgan fingerprint density at radius 2 is 1.60 bits per heavy atom. The van der Waals surface area contributed by atoms with Crippen LogP contribution in [-0.2, 0) is 0 Å². The lowest BCUT2D eigenvalue weighted by atomic mass is 10.0. The van der Waals surface area contributed by atoms with Gasteiger partial charge in [0.15, 0.2) is 0 Å². The van der Waals surface area contributed by atoms with Crippen molar-refractivity contribution >= 4 is 11.4 Å². The Kier molecular flexibility index (Phi) is 4.46. The van der Waals surface area contributed by atoms with Crippen LogP contribution in [0.1, 0.15) is 29.7 Å². The Morgan fingerprint density at radius 1 is 1.00 bits per heavy atom. The van der Waals surface area contributed by atoms with Gasteiger partial charge in [0.1, 0.15) is 0 Å². The van der Waals surface area contributed by atoms with Gasteiger partial charge in [0, 0.05) is 24.5 Å². The zero-order valence-electron chi connectivity index (χ0n) is 13.1. The van der Waals surface area contributed by atoms with E-state index in [1.807, 2.05) is 7.05 Å². The molecule has 0 bridgehead atoms. The molecule has 1 unspecified atom stereocenters. The monoisotopic (exact) mass is 268 g/mol. The van der Waals surface area contributed by atoms with Gasteiger partial charge in [-0.15, -0.1) is 0 Å². The number of benzene rings is 2. The summed E-state index contributed by atoms with van der Waals surface area (Å²) in [6.45, 7) is 6.48. The molecule has 0 aromatic heterocycles. The molecule has 0 saturated carbocycles. The highest BCUT2D eigenvalue weighted by Gasteiger charge is 2.13. The van der Waals surface area contributed by atoms with Gasteiger partial charge in [-0.05, 0) is 62.7 Å². The van der Waals surface area contributed by atoms with Crippen LogP contribution in [0.3, 0.4) is 0 Å². The zero-order valence-corrected chi connectivity index (χ0v) is 13.1. The molecule has 2 aromatic rings. The van der Waals surface area contributed by atoms with Crippen LogP contribution in [0.4, 0.5) is 11.4 Å². The van der Waals surface area contributed by atoms with Crippen LogP contribution >= 0.6 is 0 Å². The van der Waals surface area contributed by atoms with Gasteiger partial charge in [-0.2, -0.15) is 0 Å². The fourth-order valence-corrected chi connectivity index (χ4v) is 2.60. The molecule has 1 atom stereocenters. The number of anilines is 2. The summed E-state index contributed by atoms with van der Waals surface area (Å²) in [6, 6.07) is 15.6. The SMILES string of the molecule is CNC(C)c1ccccc1N(C)c1cc(C)cc(C)c1. The number of hydrogen-bond donors (Lipinski definition) is 1. The zero-order chi connectivity index (χ0) is 14.7. The number of rotatable bonds is 4. The fourth-order valence-electron chi connectivity index (χ4n) is 2.60. The normalized spacial score (nSPS) is 12.2. The summed E-state index contributed by atoms with van der Waals surface area (Å²) >= 11 is 0. The van der Waals surface area contributed by atoms with Crippen molar-refractivity contribution in [2.75, 3.05) is 19.0 Å². The maximum atomic E-state index is 3.32. The number of nitrogens with one attached hydrogen (secondary N) is 1. The molecule has 1 N–H and O–H groups in total. The predicted molar refractivity (Wildman–Crippen MR) is 87.9 cm³/mol. The summed E-state index contributed by atoms with van der Waals surface area (Å²) < 4.78 is 0. The van der Waals surface area contributed by atoms with E-state index in [2.05, 4.69) is 80.5 Å². The molecule has 0 radical (unpaired) electrons. The Labute approximate surface area is 122 Å². The third kappa shape index (κ3) is 3.02. The number of nitrogens with zero attached hydrogens (tertiary/aromatic N) is 1. The quantitative estimate of drug-likeness (QED) is 0.886. The summed E-state index contributed by atoms with van der Waals surface area (Å²) in [7, 11) is 4.13. The fraction of sp³-hybridized carbons (Fsp3) is 0.333. The number of para-hydroxylation sites is 1. The first-order valence-electron chi connectivity index (χ1n) is 7.11. The second kappa shape index (κ2) is 6.10. The standard InChI is InChI=1S/C18H24N2/c1-13-10-14(2)12-16(11-13)20(5)18-9-7-6-8-17(18)15(3)19-4/h6-12,15,19H,1-5H3. The third-order valence-electron chi connectivity index (χ3n) is 3.79. The molecule has 0 spiro atoms. The lowest BCUT2D eigenvalue weighted by Crippen LogP contribution is -2.18. The van der Waals surface area contributed by atoms with E-state index in [9.17, 15) is 0 Å². The molecule has 0 heterocycles. The molecule has 0 aliphatic rings. The summed E-state index contributed by atoms with van der Waals surface area (Å²) in [5, 5.41) is 3.32. The van der Waals surface area contributed by atoms with E-state index >= 15 is 0 Å². The van der Waals surface area contributed by atoms with Crippen LogP contribution in [0.25, 0.3) is 0 Å². The molecule has 0 aliphatic heterocycles. The minimum atomic E-state index is 0.333. The van der Waals surface area contributed by atoms with Crippen molar-refractivity contribution in [1.29, 1.82) is 0 Å². The third-order valence-corrected chi connectivity index (χ3v) is 3.79. The lowest BCUT2D eigenvalue weighted by molar-refractivity contribution is 0.652. The van der Waals surface area contributed by atoms with Crippen molar-refractivity contribution in [3.63, 3.8) is 0 Å². The molecule has 2 heteroatoms. The predicted octanol–water partition coefficient (Wildman–Crippen LogP) is 4.35. The molecule has 20 heavy (non-hydrogen) atoms. The molecule has 2 nitrogen and oxygen atoms in total. The van der Waals surface area contributed by atoms with Gasteiger partial charge in [0.05, 0.1) is 0 Å². The van der Waals surface area contributed by atoms with Gasteiger partial charge in [-0.25, -0.2) is 0 Å². The van der Waals surface area contributed by atoms with Gasteiger partial charge in [0.2, 0.25) is 0 Å². The second-order valence-electron chi connectivity index (χ2n) is 5.47. The molecule has 2 rings (SSSR count). The molecule has 0 amide bonds. The van der Waals surface area contributed by atoms with Crippen molar-refractivity contribution in [3.8, 4) is 0 Å². The van der Waals surface area contributed by atoms with Gasteiger partial charge in [-0.1, -0.05) is 24.3 Å². The topological polar surface area (TPSA) is 15.3 Å². The highest BCUT2D eigenvalue weighted by atomic mass is 15.1. The first-order valence-corrected chi connectivity index (χ1v) is 7.11. The molecule has 106 valence electrons. The highest BCUT2D eigenvalue weighted by Crippen LogP contribution is 2.31. The lowest BCUT2D eigenvalue weighted by Gasteiger charge is -2.25. The Morgan fingerprint density at radius 3 is 2.20 bits per heavy atom. The molecule has 0 fully saturated rings. The van der Waals surface area contributed by atoms with Gasteiger partial charge < -0.3 is 10.2 Å². The largest absolute Gasteiger partial charge is 0.344 e. The average molecular weight is 268 g/mol. The highest BCUT2D eigenvalue weighted by molar-refractivity contribution is 5.67. The summed E-state index contributed by atoms with van der Waals surface area (Å²) in [5.74, 6) is 0. The molecular formula is C18H24N2. The van der Waals surface area contributed by atoms with Crippen LogP contribution in [0.5, 0.6) is 0 Å². The number of hydrogen-bond acceptors (Lipinski definition) is 2. The number of aryl methyl sites for hydroxylation is 2. The van der Waals surface area contributed by atoms with Crippen LogP contribution in [0.2, 0.25) is 0 Å². The first kappa shape index (κ1) is 14.6. The van der Waals surface area contributed by atoms with Gasteiger partial charge in [-0.3, -0.25) is 0 Å². The summed E-state index contributed by atoms with van der Waals surface area (Å²) in [4.78, 5) is 2.27. The maximum Gasteiger partial charge on any atom is 0.0456 e. The van der Waals surface area contributed by atoms with E-state index in [1.54, 1.807) is 0 Å². The van der Waals surface area contributed by atoms with Gasteiger partial charge in [0.25, 0.3) is 0 Å². The van der Waals surface area contributed by atoms with E-state index in [0.29, 0.717) is 6.04 Å². The van der Waals surface area contributed by atoms with Crippen LogP contribution < -0.4 is 10.2 Å². The van der Waals surface area contributed by atoms with E-state index < -0.39 is 0 Å². The Balaban J connectivity index is 2.45. The van der Waals surface area contributed by atoms with Crippen molar-refractivity contribution < 1.29 is 0 Å². The van der Waals surface area contributed by atoms with Crippen molar-refractivity contribution in [1.82, 2.24) is 5.32 Å². The second-order valence-corrected chi connectivity index (χ2v) is 5.47. The van der Waals surface area contributed by atoms with Crippen LogP contribution in [-0.4, -0.2) is 14.1 Å². The van der Waals surface area contributed by atoms with Crippen molar-refractivity contribution in [3.05, 3.63) is 59.2 Å². The molecule has 0 aliphatic carbocycles. The van der Waals surface area contributed by atoms with Gasteiger partial charge >= 0.3 is 0 Å². The minimum Gasteiger partial charge on any atom is -0.344 e. The molecule has 0 saturated heterocycles. The van der Waals surface area contributed by atoms with E-state index in [-0.39, 0.29) is 0 Å². The van der Waals surface area contributed by atoms with E-state index in [0.717, 1.165) is 0 Å². The smallest absolute Gasteiger partial charge is 0.0456 e. The Bertz CT molecular complexity index is 569. The van der Waals surface area contributed by atoms with E-state index in [4.69, 9.17) is 0 Å². The molecular weight excluding hydrogens is 244 g/mol. The van der Waals surface area contributed by atoms with Crippen LogP contribution in [0.15, 0.2) is 42.5 Å². The average Bonchev–Trinajstić information content (AvgIpc) is 2.44. The molecule has 2 aromatic carbocycles. The summed E-state index contributed by atoms with van der Waals surface area (Å²) in [6.07, 6.45) is 0. The minimum absolute atomic E-state index is 0.333. The van der Waals surface area contributed by atoms with E-state index in [1.165, 1.54) is 28.1 Å². The first-order chi connectivity index (χ1) is 9.52. The van der Waals surface area contributed by atoms with Crippen LogP contribution in [0, 0.1) is 13.8 Å². The Hall–Kier alpha value is -1.80. The van der Waals surface area contributed by atoms with Crippen molar-refractivity contribution in [2.45, 2.75) is 26.8 Å².